The lowest BCUT2D eigenvalue weighted by Gasteiger charge is -2.15. The standard InChI is InChI=1S/C19H17ClN2O/c1-22(2)19(23)21-16-11-14-6-3-4-9-17(14)18(12-16)13-7-5-8-15(20)10-13/h3-12H,1-2H3,(H,21,23). The van der Waals surface area contributed by atoms with Crippen molar-refractivity contribution in [2.75, 3.05) is 19.4 Å². The lowest BCUT2D eigenvalue weighted by atomic mass is 9.97. The number of carbonyl (C=O) groups is 1. The van der Waals surface area contributed by atoms with Crippen molar-refractivity contribution in [3.8, 4) is 11.1 Å². The quantitative estimate of drug-likeness (QED) is 0.685. The number of nitrogens with one attached hydrogen (secondary N) is 1. The predicted octanol–water partition coefficient (Wildman–Crippen LogP) is 5.25. The smallest absolute Gasteiger partial charge is 0.321 e. The van der Waals surface area contributed by atoms with Crippen molar-refractivity contribution in [3.63, 3.8) is 0 Å². The molecule has 116 valence electrons. The molecular weight excluding hydrogens is 308 g/mol. The summed E-state index contributed by atoms with van der Waals surface area (Å²) in [5, 5.41) is 5.79. The Kier molecular flexibility index (Phi) is 4.22. The summed E-state index contributed by atoms with van der Waals surface area (Å²) in [6.07, 6.45) is 0. The van der Waals surface area contributed by atoms with E-state index in [0.717, 1.165) is 27.6 Å². The number of anilines is 1. The van der Waals surface area contributed by atoms with Crippen LogP contribution in [0.3, 0.4) is 0 Å². The Morgan fingerprint density at radius 1 is 1.00 bits per heavy atom. The van der Waals surface area contributed by atoms with E-state index >= 15 is 0 Å². The monoisotopic (exact) mass is 324 g/mol. The van der Waals surface area contributed by atoms with Crippen LogP contribution < -0.4 is 5.32 Å². The molecule has 0 radical (unpaired) electrons. The average Bonchev–Trinajstić information content (AvgIpc) is 2.54. The molecule has 0 saturated heterocycles. The summed E-state index contributed by atoms with van der Waals surface area (Å²) in [6.45, 7) is 0. The molecule has 2 amide bonds. The third kappa shape index (κ3) is 3.30. The molecule has 0 bridgehead atoms. The van der Waals surface area contributed by atoms with Crippen molar-refractivity contribution in [3.05, 3.63) is 65.7 Å². The van der Waals surface area contributed by atoms with Gasteiger partial charge in [0.2, 0.25) is 0 Å². The minimum absolute atomic E-state index is 0.155. The minimum atomic E-state index is -0.155. The highest BCUT2D eigenvalue weighted by atomic mass is 35.5. The second kappa shape index (κ2) is 6.31. The summed E-state index contributed by atoms with van der Waals surface area (Å²) in [5.41, 5.74) is 2.83. The maximum Gasteiger partial charge on any atom is 0.321 e. The summed E-state index contributed by atoms with van der Waals surface area (Å²) < 4.78 is 0. The second-order valence-corrected chi connectivity index (χ2v) is 6.02. The normalized spacial score (nSPS) is 10.6. The fraction of sp³-hybridized carbons (Fsp3) is 0.105. The molecule has 0 heterocycles. The fourth-order valence-electron chi connectivity index (χ4n) is 2.51. The molecule has 0 saturated carbocycles. The van der Waals surface area contributed by atoms with Gasteiger partial charge in [0.15, 0.2) is 0 Å². The molecule has 3 rings (SSSR count). The van der Waals surface area contributed by atoms with Gasteiger partial charge in [0.25, 0.3) is 0 Å². The summed E-state index contributed by atoms with van der Waals surface area (Å²) in [4.78, 5) is 13.5. The number of hydrogen-bond donors (Lipinski definition) is 1. The zero-order chi connectivity index (χ0) is 16.4. The van der Waals surface area contributed by atoms with Crippen molar-refractivity contribution in [1.29, 1.82) is 0 Å². The van der Waals surface area contributed by atoms with Crippen LogP contribution in [0.1, 0.15) is 0 Å². The topological polar surface area (TPSA) is 32.3 Å². The first kappa shape index (κ1) is 15.4. The number of fused-ring (bicyclic) bond motifs is 1. The molecule has 0 aliphatic heterocycles. The third-order valence-electron chi connectivity index (χ3n) is 3.65. The molecule has 0 unspecified atom stereocenters. The lowest BCUT2D eigenvalue weighted by molar-refractivity contribution is 0.230. The van der Waals surface area contributed by atoms with Gasteiger partial charge in [-0.05, 0) is 46.2 Å². The predicted molar refractivity (Wildman–Crippen MR) is 97.1 cm³/mol. The first-order valence-corrected chi connectivity index (χ1v) is 7.69. The van der Waals surface area contributed by atoms with Gasteiger partial charge >= 0.3 is 6.03 Å². The molecule has 3 nitrogen and oxygen atoms in total. The summed E-state index contributed by atoms with van der Waals surface area (Å²) in [7, 11) is 3.43. The summed E-state index contributed by atoms with van der Waals surface area (Å²) >= 11 is 6.14. The average molecular weight is 325 g/mol. The van der Waals surface area contributed by atoms with Crippen LogP contribution >= 0.6 is 11.6 Å². The molecular formula is C19H17ClN2O. The van der Waals surface area contributed by atoms with Crippen LogP contribution in [0.2, 0.25) is 5.02 Å². The number of amides is 2. The molecule has 3 aromatic carbocycles. The number of rotatable bonds is 2. The zero-order valence-electron chi connectivity index (χ0n) is 13.0. The van der Waals surface area contributed by atoms with E-state index < -0.39 is 0 Å². The molecule has 3 aromatic rings. The molecule has 0 aliphatic rings. The fourth-order valence-corrected chi connectivity index (χ4v) is 2.70. The molecule has 0 aliphatic carbocycles. The van der Waals surface area contributed by atoms with Crippen LogP contribution in [0.15, 0.2) is 60.7 Å². The number of benzene rings is 3. The number of halogens is 1. The van der Waals surface area contributed by atoms with Gasteiger partial charge in [-0.15, -0.1) is 0 Å². The van der Waals surface area contributed by atoms with Gasteiger partial charge in [0, 0.05) is 24.8 Å². The van der Waals surface area contributed by atoms with E-state index in [-0.39, 0.29) is 6.03 Å². The third-order valence-corrected chi connectivity index (χ3v) is 3.89. The van der Waals surface area contributed by atoms with E-state index in [1.165, 1.54) is 4.90 Å². The SMILES string of the molecule is CN(C)C(=O)Nc1cc(-c2cccc(Cl)c2)c2ccccc2c1. The van der Waals surface area contributed by atoms with E-state index in [9.17, 15) is 4.79 Å². The van der Waals surface area contributed by atoms with Crippen molar-refractivity contribution in [2.24, 2.45) is 0 Å². The van der Waals surface area contributed by atoms with Gasteiger partial charge in [-0.1, -0.05) is 48.0 Å². The van der Waals surface area contributed by atoms with Crippen molar-refractivity contribution in [1.82, 2.24) is 4.90 Å². The van der Waals surface area contributed by atoms with Gasteiger partial charge in [-0.25, -0.2) is 4.79 Å². The van der Waals surface area contributed by atoms with E-state index in [1.54, 1.807) is 14.1 Å². The highest BCUT2D eigenvalue weighted by Crippen LogP contribution is 2.33. The van der Waals surface area contributed by atoms with Gasteiger partial charge in [0.1, 0.15) is 0 Å². The van der Waals surface area contributed by atoms with E-state index in [4.69, 9.17) is 11.6 Å². The van der Waals surface area contributed by atoms with Gasteiger partial charge in [-0.2, -0.15) is 0 Å². The first-order valence-electron chi connectivity index (χ1n) is 7.31. The van der Waals surface area contributed by atoms with Crippen molar-refractivity contribution in [2.45, 2.75) is 0 Å². The van der Waals surface area contributed by atoms with Crippen LogP contribution in [-0.4, -0.2) is 25.0 Å². The Morgan fingerprint density at radius 3 is 2.52 bits per heavy atom. The number of urea groups is 1. The van der Waals surface area contributed by atoms with Gasteiger partial charge < -0.3 is 10.2 Å². The molecule has 1 N–H and O–H groups in total. The molecule has 0 aromatic heterocycles. The minimum Gasteiger partial charge on any atom is -0.331 e. The maximum atomic E-state index is 11.9. The number of carbonyl (C=O) groups excluding carboxylic acids is 1. The van der Waals surface area contributed by atoms with Crippen LogP contribution in [-0.2, 0) is 0 Å². The summed E-state index contributed by atoms with van der Waals surface area (Å²) in [5.74, 6) is 0. The van der Waals surface area contributed by atoms with Crippen molar-refractivity contribution >= 4 is 34.1 Å². The van der Waals surface area contributed by atoms with E-state index in [0.29, 0.717) is 5.02 Å². The van der Waals surface area contributed by atoms with Crippen LogP contribution in [0.25, 0.3) is 21.9 Å². The van der Waals surface area contributed by atoms with Gasteiger partial charge in [-0.3, -0.25) is 0 Å². The highest BCUT2D eigenvalue weighted by Gasteiger charge is 2.10. The van der Waals surface area contributed by atoms with Crippen molar-refractivity contribution < 1.29 is 4.79 Å². The lowest BCUT2D eigenvalue weighted by Crippen LogP contribution is -2.27. The van der Waals surface area contributed by atoms with Crippen LogP contribution in [0.4, 0.5) is 10.5 Å². The second-order valence-electron chi connectivity index (χ2n) is 5.58. The Morgan fingerprint density at radius 2 is 1.78 bits per heavy atom. The molecule has 0 spiro atoms. The van der Waals surface area contributed by atoms with E-state index in [1.807, 2.05) is 54.6 Å². The molecule has 0 fully saturated rings. The maximum absolute atomic E-state index is 11.9. The molecule has 0 atom stereocenters. The largest absolute Gasteiger partial charge is 0.331 e. The zero-order valence-corrected chi connectivity index (χ0v) is 13.8. The Hall–Kier alpha value is -2.52. The summed E-state index contributed by atoms with van der Waals surface area (Å²) in [6, 6.07) is 19.6. The Balaban J connectivity index is 2.17. The Labute approximate surface area is 140 Å². The Bertz CT molecular complexity index is 874. The van der Waals surface area contributed by atoms with Crippen LogP contribution in [0.5, 0.6) is 0 Å². The van der Waals surface area contributed by atoms with Gasteiger partial charge in [0.05, 0.1) is 0 Å². The van der Waals surface area contributed by atoms with Crippen LogP contribution in [0, 0.1) is 0 Å². The highest BCUT2D eigenvalue weighted by molar-refractivity contribution is 6.31. The number of hydrogen-bond acceptors (Lipinski definition) is 1. The molecule has 4 heteroatoms. The van der Waals surface area contributed by atoms with E-state index in [2.05, 4.69) is 11.4 Å². The molecule has 23 heavy (non-hydrogen) atoms. The first-order chi connectivity index (χ1) is 11.0. The number of nitrogens with zero attached hydrogens (tertiary/aromatic N) is 1.